The number of aryl methyl sites for hydroxylation is 1. The van der Waals surface area contributed by atoms with Crippen LogP contribution < -0.4 is 18.9 Å². The molecule has 1 aliphatic rings. The van der Waals surface area contributed by atoms with Crippen LogP contribution in [0.4, 0.5) is 0 Å². The Morgan fingerprint density at radius 3 is 2.44 bits per heavy atom. The molecule has 0 bridgehead atoms. The van der Waals surface area contributed by atoms with E-state index >= 15 is 0 Å². The molecule has 1 aromatic heterocycles. The molecule has 0 saturated heterocycles. The summed E-state index contributed by atoms with van der Waals surface area (Å²) in [6.45, 7) is 6.25. The second-order valence-electron chi connectivity index (χ2n) is 10.9. The number of aromatic nitrogens is 1. The molecule has 45 heavy (non-hydrogen) atoms. The average Bonchev–Trinajstić information content (AvgIpc) is 3.70. The summed E-state index contributed by atoms with van der Waals surface area (Å²) in [5.41, 5.74) is 6.87. The topological polar surface area (TPSA) is 82.5 Å². The third-order valence-corrected chi connectivity index (χ3v) is 9.05. The standard InChI is InChI=1S/C36H35N3O5S/c1-22-17-27(20-33(42-5)23(22)2)30-21-31(39(38-30)24(3)40)25-13-14-32(41-4)34(19-25)44-16-15-43-28-10-8-9-26(18-28)36-37-29-11-6-7-12-35(29)45-36/h6-14,17-20,31H,15-16,21H2,1-5H3. The first-order valence-electron chi connectivity index (χ1n) is 14.8. The molecule has 0 radical (unpaired) electrons. The van der Waals surface area contributed by atoms with E-state index in [1.165, 1.54) is 6.92 Å². The summed E-state index contributed by atoms with van der Waals surface area (Å²) < 4.78 is 24.5. The van der Waals surface area contributed by atoms with Crippen molar-refractivity contribution >= 4 is 33.2 Å². The summed E-state index contributed by atoms with van der Waals surface area (Å²) in [6, 6.07) is 25.6. The zero-order valence-electron chi connectivity index (χ0n) is 26.0. The van der Waals surface area contributed by atoms with Crippen LogP contribution in [0.1, 0.15) is 41.6 Å². The van der Waals surface area contributed by atoms with Gasteiger partial charge in [-0.3, -0.25) is 4.79 Å². The fraction of sp³-hybridized carbons (Fsp3) is 0.250. The minimum atomic E-state index is -0.278. The molecule has 0 fully saturated rings. The number of hydrazone groups is 1. The third kappa shape index (κ3) is 6.35. The van der Waals surface area contributed by atoms with Crippen LogP contribution in [-0.2, 0) is 4.79 Å². The van der Waals surface area contributed by atoms with Gasteiger partial charge in [0.15, 0.2) is 11.5 Å². The summed E-state index contributed by atoms with van der Waals surface area (Å²) in [4.78, 5) is 17.4. The molecule has 5 aromatic rings. The summed E-state index contributed by atoms with van der Waals surface area (Å²) >= 11 is 1.66. The van der Waals surface area contributed by atoms with E-state index < -0.39 is 0 Å². The second-order valence-corrected chi connectivity index (χ2v) is 11.9. The predicted octanol–water partition coefficient (Wildman–Crippen LogP) is 7.75. The number of ether oxygens (including phenoxy) is 4. The van der Waals surface area contributed by atoms with Gasteiger partial charge in [-0.2, -0.15) is 5.10 Å². The van der Waals surface area contributed by atoms with Gasteiger partial charge in [0, 0.05) is 24.5 Å². The lowest BCUT2D eigenvalue weighted by Gasteiger charge is -2.22. The van der Waals surface area contributed by atoms with Crippen LogP contribution in [0.15, 0.2) is 84.0 Å². The summed E-state index contributed by atoms with van der Waals surface area (Å²) in [7, 11) is 3.27. The molecule has 2 heterocycles. The average molecular weight is 622 g/mol. The maximum atomic E-state index is 12.7. The minimum absolute atomic E-state index is 0.134. The van der Waals surface area contributed by atoms with Crippen molar-refractivity contribution < 1.29 is 23.7 Å². The van der Waals surface area contributed by atoms with Gasteiger partial charge in [0.1, 0.15) is 29.7 Å². The molecule has 0 saturated carbocycles. The SMILES string of the molecule is COc1ccc(C2CC(c3cc(C)c(C)c(OC)c3)=NN2C(C)=O)cc1OCCOc1cccc(-c2nc3ccccc3s2)c1. The Hall–Kier alpha value is -4.89. The van der Waals surface area contributed by atoms with Crippen LogP contribution in [0.2, 0.25) is 0 Å². The van der Waals surface area contributed by atoms with E-state index in [0.29, 0.717) is 31.1 Å². The Morgan fingerprint density at radius 1 is 0.867 bits per heavy atom. The number of thiazole rings is 1. The number of fused-ring (bicyclic) bond motifs is 1. The van der Waals surface area contributed by atoms with Gasteiger partial charge >= 0.3 is 0 Å². The normalized spacial score (nSPS) is 14.4. The summed E-state index contributed by atoms with van der Waals surface area (Å²) in [5, 5.41) is 7.23. The van der Waals surface area contributed by atoms with Gasteiger partial charge in [-0.15, -0.1) is 11.3 Å². The second kappa shape index (κ2) is 13.0. The molecule has 1 unspecified atom stereocenters. The summed E-state index contributed by atoms with van der Waals surface area (Å²) in [5.74, 6) is 2.59. The zero-order valence-corrected chi connectivity index (χ0v) is 26.8. The van der Waals surface area contributed by atoms with Gasteiger partial charge in [-0.1, -0.05) is 30.3 Å². The fourth-order valence-corrected chi connectivity index (χ4v) is 6.44. The molecule has 8 nitrogen and oxygen atoms in total. The van der Waals surface area contributed by atoms with Crippen LogP contribution >= 0.6 is 11.3 Å². The highest BCUT2D eigenvalue weighted by Gasteiger charge is 2.32. The Labute approximate surface area is 266 Å². The molecule has 230 valence electrons. The number of hydrogen-bond donors (Lipinski definition) is 0. The highest BCUT2D eigenvalue weighted by molar-refractivity contribution is 7.21. The maximum absolute atomic E-state index is 12.7. The highest BCUT2D eigenvalue weighted by Crippen LogP contribution is 2.38. The number of carbonyl (C=O) groups excluding carboxylic acids is 1. The molecular formula is C36H35N3O5S. The van der Waals surface area contributed by atoms with E-state index in [4.69, 9.17) is 29.0 Å². The van der Waals surface area contributed by atoms with Crippen LogP contribution in [0, 0.1) is 13.8 Å². The lowest BCUT2D eigenvalue weighted by atomic mass is 9.95. The van der Waals surface area contributed by atoms with Gasteiger partial charge in [-0.05, 0) is 79.1 Å². The van der Waals surface area contributed by atoms with Gasteiger partial charge in [0.05, 0.1) is 36.2 Å². The number of para-hydroxylation sites is 1. The van der Waals surface area contributed by atoms with E-state index in [1.807, 2.05) is 80.6 Å². The predicted molar refractivity (Wildman–Crippen MR) is 178 cm³/mol. The monoisotopic (exact) mass is 621 g/mol. The Kier molecular flexibility index (Phi) is 8.71. The zero-order chi connectivity index (χ0) is 31.5. The number of amides is 1. The fourth-order valence-electron chi connectivity index (χ4n) is 5.48. The van der Waals surface area contributed by atoms with Gasteiger partial charge < -0.3 is 18.9 Å². The molecule has 1 aliphatic heterocycles. The van der Waals surface area contributed by atoms with Crippen LogP contribution in [0.3, 0.4) is 0 Å². The molecule has 6 rings (SSSR count). The Bertz CT molecular complexity index is 1870. The number of carbonyl (C=O) groups is 1. The van der Waals surface area contributed by atoms with Crippen molar-refractivity contribution in [2.45, 2.75) is 33.2 Å². The maximum Gasteiger partial charge on any atom is 0.240 e. The molecule has 0 spiro atoms. The number of nitrogens with zero attached hydrogens (tertiary/aromatic N) is 3. The quantitative estimate of drug-likeness (QED) is 0.148. The molecule has 9 heteroatoms. The summed E-state index contributed by atoms with van der Waals surface area (Å²) in [6.07, 6.45) is 0.561. The molecule has 0 N–H and O–H groups in total. The van der Waals surface area contributed by atoms with Crippen molar-refractivity contribution in [3.8, 4) is 33.6 Å². The van der Waals surface area contributed by atoms with Crippen molar-refractivity contribution in [2.24, 2.45) is 5.10 Å². The first-order chi connectivity index (χ1) is 21.8. The van der Waals surface area contributed by atoms with Gasteiger partial charge in [-0.25, -0.2) is 9.99 Å². The molecule has 0 aliphatic carbocycles. The first kappa shape index (κ1) is 30.1. The van der Waals surface area contributed by atoms with Crippen LogP contribution in [0.25, 0.3) is 20.8 Å². The van der Waals surface area contributed by atoms with E-state index in [2.05, 4.69) is 12.1 Å². The van der Waals surface area contributed by atoms with Gasteiger partial charge in [0.2, 0.25) is 5.91 Å². The van der Waals surface area contributed by atoms with Crippen molar-refractivity contribution in [3.05, 3.63) is 101 Å². The minimum Gasteiger partial charge on any atom is -0.496 e. The number of methoxy groups -OCH3 is 2. The first-order valence-corrected chi connectivity index (χ1v) is 15.6. The number of benzene rings is 4. The van der Waals surface area contributed by atoms with Crippen molar-refractivity contribution in [1.82, 2.24) is 9.99 Å². The smallest absolute Gasteiger partial charge is 0.240 e. The van der Waals surface area contributed by atoms with Crippen LogP contribution in [0.5, 0.6) is 23.0 Å². The highest BCUT2D eigenvalue weighted by atomic mass is 32.1. The Balaban J connectivity index is 1.14. The molecule has 1 amide bonds. The van der Waals surface area contributed by atoms with Crippen molar-refractivity contribution in [3.63, 3.8) is 0 Å². The third-order valence-electron chi connectivity index (χ3n) is 7.96. The Morgan fingerprint density at radius 2 is 1.67 bits per heavy atom. The van der Waals surface area contributed by atoms with E-state index in [-0.39, 0.29) is 11.9 Å². The largest absolute Gasteiger partial charge is 0.496 e. The van der Waals surface area contributed by atoms with Crippen molar-refractivity contribution in [1.29, 1.82) is 0 Å². The van der Waals surface area contributed by atoms with Crippen LogP contribution in [-0.4, -0.2) is 49.0 Å². The van der Waals surface area contributed by atoms with E-state index in [9.17, 15) is 4.79 Å². The van der Waals surface area contributed by atoms with E-state index in [1.54, 1.807) is 30.6 Å². The number of rotatable bonds is 10. The lowest BCUT2D eigenvalue weighted by molar-refractivity contribution is -0.130. The molecular weight excluding hydrogens is 586 g/mol. The molecule has 4 aromatic carbocycles. The van der Waals surface area contributed by atoms with Crippen molar-refractivity contribution in [2.75, 3.05) is 27.4 Å². The lowest BCUT2D eigenvalue weighted by Crippen LogP contribution is -2.24. The van der Waals surface area contributed by atoms with E-state index in [0.717, 1.165) is 60.3 Å². The number of hydrogen-bond acceptors (Lipinski definition) is 8. The molecule has 1 atom stereocenters. The van der Waals surface area contributed by atoms with Gasteiger partial charge in [0.25, 0.3) is 0 Å².